The van der Waals surface area contributed by atoms with Gasteiger partial charge in [-0.15, -0.1) is 0 Å². The maximum absolute atomic E-state index is 5.34. The van der Waals surface area contributed by atoms with Crippen molar-refractivity contribution in [2.24, 2.45) is 0 Å². The monoisotopic (exact) mass is 128 g/mol. The SMILES string of the molecule is C[NH+](C)C(Cl)Cl. The zero-order chi connectivity index (χ0) is 5.15. The van der Waals surface area contributed by atoms with Crippen molar-refractivity contribution in [3.63, 3.8) is 0 Å². The van der Waals surface area contributed by atoms with E-state index in [4.69, 9.17) is 23.2 Å². The van der Waals surface area contributed by atoms with E-state index < -0.39 is 0 Å². The molecule has 0 bridgehead atoms. The van der Waals surface area contributed by atoms with E-state index in [-0.39, 0.29) is 4.96 Å². The predicted octanol–water partition coefficient (Wildman–Crippen LogP) is -0.108. The van der Waals surface area contributed by atoms with E-state index in [9.17, 15) is 0 Å². The second-order valence-corrected chi connectivity index (χ2v) is 2.47. The highest BCUT2D eigenvalue weighted by molar-refractivity contribution is 6.42. The molecule has 0 amide bonds. The van der Waals surface area contributed by atoms with Crippen LogP contribution in [0.25, 0.3) is 0 Å². The van der Waals surface area contributed by atoms with E-state index in [1.54, 1.807) is 0 Å². The summed E-state index contributed by atoms with van der Waals surface area (Å²) in [6, 6.07) is 0. The van der Waals surface area contributed by atoms with Gasteiger partial charge in [0.1, 0.15) is 0 Å². The minimum atomic E-state index is -0.287. The molecule has 0 aromatic rings. The lowest BCUT2D eigenvalue weighted by Gasteiger charge is -2.04. The van der Waals surface area contributed by atoms with E-state index in [0.717, 1.165) is 4.90 Å². The molecule has 0 aliphatic carbocycles. The number of hydrogen-bond acceptors (Lipinski definition) is 0. The van der Waals surface area contributed by atoms with Crippen LogP contribution in [0.4, 0.5) is 0 Å². The van der Waals surface area contributed by atoms with Crippen molar-refractivity contribution in [3.05, 3.63) is 0 Å². The second-order valence-electron chi connectivity index (χ2n) is 1.38. The number of alkyl halides is 2. The van der Waals surface area contributed by atoms with E-state index in [1.807, 2.05) is 14.1 Å². The Kier molecular flexibility index (Phi) is 2.91. The zero-order valence-corrected chi connectivity index (χ0v) is 5.35. The van der Waals surface area contributed by atoms with Crippen LogP contribution in [0.5, 0.6) is 0 Å². The van der Waals surface area contributed by atoms with Crippen LogP contribution in [0.15, 0.2) is 0 Å². The summed E-state index contributed by atoms with van der Waals surface area (Å²) < 4.78 is 0. The van der Waals surface area contributed by atoms with Gasteiger partial charge in [0.05, 0.1) is 14.1 Å². The molecule has 0 aromatic heterocycles. The predicted molar refractivity (Wildman–Crippen MR) is 28.3 cm³/mol. The molecule has 38 valence electrons. The molecule has 0 unspecified atom stereocenters. The third-order valence-electron chi connectivity index (χ3n) is 0.436. The van der Waals surface area contributed by atoms with Crippen molar-refractivity contribution >= 4 is 23.2 Å². The van der Waals surface area contributed by atoms with Gasteiger partial charge in [-0.3, -0.25) is 0 Å². The van der Waals surface area contributed by atoms with Gasteiger partial charge < -0.3 is 4.90 Å². The molecule has 0 rings (SSSR count). The Balaban J connectivity index is 2.99. The van der Waals surface area contributed by atoms with Crippen molar-refractivity contribution in [2.45, 2.75) is 4.96 Å². The molecular weight excluding hydrogens is 121 g/mol. The quantitative estimate of drug-likeness (QED) is 0.372. The summed E-state index contributed by atoms with van der Waals surface area (Å²) in [5.74, 6) is 0. The van der Waals surface area contributed by atoms with Gasteiger partial charge in [0.25, 0.3) is 0 Å². The first-order chi connectivity index (χ1) is 2.64. The lowest BCUT2D eigenvalue weighted by Crippen LogP contribution is -3.07. The first-order valence-electron chi connectivity index (χ1n) is 1.73. The highest BCUT2D eigenvalue weighted by Crippen LogP contribution is 1.86. The summed E-state index contributed by atoms with van der Waals surface area (Å²) in [7, 11) is 3.79. The van der Waals surface area contributed by atoms with Crippen LogP contribution in [-0.4, -0.2) is 19.1 Å². The Bertz CT molecular complexity index is 29.8. The van der Waals surface area contributed by atoms with Crippen molar-refractivity contribution in [3.8, 4) is 0 Å². The lowest BCUT2D eigenvalue weighted by atomic mass is 11.0. The standard InChI is InChI=1S/C3H7Cl2N/c1-6(2)3(4)5/h3H,1-2H3/p+1. The molecule has 6 heavy (non-hydrogen) atoms. The van der Waals surface area contributed by atoms with Crippen LogP contribution in [0, 0.1) is 0 Å². The fraction of sp³-hybridized carbons (Fsp3) is 1.00. The van der Waals surface area contributed by atoms with Crippen molar-refractivity contribution in [1.29, 1.82) is 0 Å². The zero-order valence-electron chi connectivity index (χ0n) is 3.83. The van der Waals surface area contributed by atoms with E-state index in [2.05, 4.69) is 0 Å². The number of nitrogens with one attached hydrogen (secondary N) is 1. The normalized spacial score (nSPS) is 11.0. The average Bonchev–Trinajstić information content (AvgIpc) is 1.36. The molecule has 0 fully saturated rings. The molecule has 0 aromatic carbocycles. The van der Waals surface area contributed by atoms with Crippen molar-refractivity contribution < 1.29 is 4.90 Å². The van der Waals surface area contributed by atoms with Gasteiger partial charge in [0.2, 0.25) is 4.96 Å². The Morgan fingerprint density at radius 1 is 1.33 bits per heavy atom. The smallest absolute Gasteiger partial charge is 0.239 e. The highest BCUT2D eigenvalue weighted by atomic mass is 35.5. The van der Waals surface area contributed by atoms with E-state index >= 15 is 0 Å². The molecule has 0 atom stereocenters. The third kappa shape index (κ3) is 2.76. The number of halogens is 2. The summed E-state index contributed by atoms with van der Waals surface area (Å²) >= 11 is 10.7. The van der Waals surface area contributed by atoms with Crippen LogP contribution in [0.2, 0.25) is 0 Å². The van der Waals surface area contributed by atoms with Gasteiger partial charge in [-0.05, 0) is 23.2 Å². The van der Waals surface area contributed by atoms with Gasteiger partial charge >= 0.3 is 0 Å². The first-order valence-corrected chi connectivity index (χ1v) is 2.60. The van der Waals surface area contributed by atoms with Crippen LogP contribution in [-0.2, 0) is 0 Å². The molecule has 0 saturated heterocycles. The molecule has 0 heterocycles. The van der Waals surface area contributed by atoms with Gasteiger partial charge in [-0.25, -0.2) is 0 Å². The summed E-state index contributed by atoms with van der Waals surface area (Å²) in [6.45, 7) is 0. The molecule has 0 aliphatic rings. The Hall–Kier alpha value is 0.540. The second kappa shape index (κ2) is 2.67. The van der Waals surface area contributed by atoms with Gasteiger partial charge in [-0.1, -0.05) is 0 Å². The van der Waals surface area contributed by atoms with Crippen LogP contribution >= 0.6 is 23.2 Å². The molecule has 3 heteroatoms. The minimum Gasteiger partial charge on any atom is -0.312 e. The topological polar surface area (TPSA) is 4.44 Å². The number of rotatable bonds is 1. The van der Waals surface area contributed by atoms with Gasteiger partial charge in [0, 0.05) is 0 Å². The van der Waals surface area contributed by atoms with Gasteiger partial charge in [0.15, 0.2) is 0 Å². The highest BCUT2D eigenvalue weighted by Gasteiger charge is 2.00. The fourth-order valence-corrected chi connectivity index (χ4v) is 0. The lowest BCUT2D eigenvalue weighted by molar-refractivity contribution is -0.857. The third-order valence-corrected chi connectivity index (χ3v) is 1.31. The summed E-state index contributed by atoms with van der Waals surface area (Å²) in [5, 5.41) is 0. The maximum atomic E-state index is 5.34. The first kappa shape index (κ1) is 6.54. The Morgan fingerprint density at radius 3 is 1.50 bits per heavy atom. The van der Waals surface area contributed by atoms with Crippen molar-refractivity contribution in [2.75, 3.05) is 14.1 Å². The fourth-order valence-electron chi connectivity index (χ4n) is 0. The molecular formula is C3H8Cl2N+. The minimum absolute atomic E-state index is 0.287. The van der Waals surface area contributed by atoms with Crippen molar-refractivity contribution in [1.82, 2.24) is 0 Å². The molecule has 1 N–H and O–H groups in total. The number of hydrogen-bond donors (Lipinski definition) is 1. The van der Waals surface area contributed by atoms with E-state index in [0.29, 0.717) is 0 Å². The summed E-state index contributed by atoms with van der Waals surface area (Å²) in [4.78, 5) is 0.753. The Labute approximate surface area is 47.8 Å². The summed E-state index contributed by atoms with van der Waals surface area (Å²) in [5.41, 5.74) is 0. The van der Waals surface area contributed by atoms with Crippen LogP contribution in [0.3, 0.4) is 0 Å². The van der Waals surface area contributed by atoms with Gasteiger partial charge in [-0.2, -0.15) is 0 Å². The molecule has 0 aliphatic heterocycles. The largest absolute Gasteiger partial charge is 0.312 e. The summed E-state index contributed by atoms with van der Waals surface area (Å²) in [6.07, 6.45) is 0. The molecule has 0 spiro atoms. The Morgan fingerprint density at radius 2 is 1.50 bits per heavy atom. The maximum Gasteiger partial charge on any atom is 0.239 e. The molecule has 1 nitrogen and oxygen atoms in total. The average molecular weight is 129 g/mol. The van der Waals surface area contributed by atoms with Crippen LogP contribution < -0.4 is 4.90 Å². The molecule has 0 saturated carbocycles. The van der Waals surface area contributed by atoms with E-state index in [1.165, 1.54) is 0 Å². The van der Waals surface area contributed by atoms with Crippen LogP contribution in [0.1, 0.15) is 0 Å². The number of quaternary nitrogens is 1. The molecule has 0 radical (unpaired) electrons.